The van der Waals surface area contributed by atoms with Crippen molar-refractivity contribution in [1.82, 2.24) is 15.0 Å². The molecule has 1 heterocycles. The van der Waals surface area contributed by atoms with Crippen LogP contribution >= 0.6 is 11.6 Å². The summed E-state index contributed by atoms with van der Waals surface area (Å²) in [6.45, 7) is -0.0862. The molecule has 0 N–H and O–H groups in total. The summed E-state index contributed by atoms with van der Waals surface area (Å²) in [6, 6.07) is 3.74. The van der Waals surface area contributed by atoms with Crippen LogP contribution in [0.25, 0.3) is 0 Å². The molecule has 0 aliphatic rings. The number of ether oxygens (including phenoxy) is 1. The van der Waals surface area contributed by atoms with Crippen LogP contribution in [0.1, 0.15) is 16.8 Å². The maximum absolute atomic E-state index is 12.9. The lowest BCUT2D eigenvalue weighted by molar-refractivity contribution is -0.139. The van der Waals surface area contributed by atoms with E-state index in [1.54, 1.807) is 13.2 Å². The lowest BCUT2D eigenvalue weighted by Gasteiger charge is -2.14. The highest BCUT2D eigenvalue weighted by atomic mass is 35.5. The SMILES string of the molecule is Cn1cc(COc2ccc(CCl)cc2C(F)(F)F)nn1. The van der Waals surface area contributed by atoms with Crippen LogP contribution in [0.4, 0.5) is 13.2 Å². The molecule has 1 aromatic heterocycles. The number of aromatic nitrogens is 3. The molecule has 0 aliphatic heterocycles. The molecule has 108 valence electrons. The Hall–Kier alpha value is -1.76. The molecule has 8 heteroatoms. The Bertz CT molecular complexity index is 598. The minimum atomic E-state index is -4.50. The van der Waals surface area contributed by atoms with Crippen LogP contribution in [-0.4, -0.2) is 15.0 Å². The van der Waals surface area contributed by atoms with Gasteiger partial charge in [0.05, 0.1) is 11.8 Å². The maximum Gasteiger partial charge on any atom is 0.419 e. The molecule has 0 atom stereocenters. The topological polar surface area (TPSA) is 39.9 Å². The first-order valence-corrected chi connectivity index (χ1v) is 6.17. The van der Waals surface area contributed by atoms with Crippen LogP contribution in [0.5, 0.6) is 5.75 Å². The van der Waals surface area contributed by atoms with Crippen LogP contribution in [0.15, 0.2) is 24.4 Å². The molecule has 0 amide bonds. The van der Waals surface area contributed by atoms with Gasteiger partial charge in [-0.1, -0.05) is 11.3 Å². The Kier molecular flexibility index (Phi) is 4.17. The molecule has 0 saturated carbocycles. The lowest BCUT2D eigenvalue weighted by Crippen LogP contribution is -2.09. The van der Waals surface area contributed by atoms with Crippen molar-refractivity contribution < 1.29 is 17.9 Å². The van der Waals surface area contributed by atoms with Gasteiger partial charge in [0, 0.05) is 12.9 Å². The smallest absolute Gasteiger partial charge is 0.419 e. The molecule has 0 fully saturated rings. The van der Waals surface area contributed by atoms with Crippen LogP contribution in [-0.2, 0) is 25.7 Å². The van der Waals surface area contributed by atoms with Gasteiger partial charge in [-0.05, 0) is 17.7 Å². The fraction of sp³-hybridized carbons (Fsp3) is 0.333. The Morgan fingerprint density at radius 2 is 2.10 bits per heavy atom. The molecule has 0 aliphatic carbocycles. The zero-order valence-corrected chi connectivity index (χ0v) is 11.2. The molecule has 4 nitrogen and oxygen atoms in total. The van der Waals surface area contributed by atoms with E-state index in [9.17, 15) is 13.2 Å². The molecule has 0 bridgehead atoms. The van der Waals surface area contributed by atoms with Gasteiger partial charge >= 0.3 is 6.18 Å². The van der Waals surface area contributed by atoms with Crippen LogP contribution in [0.2, 0.25) is 0 Å². The van der Waals surface area contributed by atoms with Crippen molar-refractivity contribution in [1.29, 1.82) is 0 Å². The van der Waals surface area contributed by atoms with Gasteiger partial charge in [0.25, 0.3) is 0 Å². The van der Waals surface area contributed by atoms with E-state index in [0.29, 0.717) is 11.3 Å². The molecule has 0 spiro atoms. The number of hydrogen-bond donors (Lipinski definition) is 0. The minimum Gasteiger partial charge on any atom is -0.487 e. The molecule has 20 heavy (non-hydrogen) atoms. The van der Waals surface area contributed by atoms with Crippen molar-refractivity contribution in [3.05, 3.63) is 41.2 Å². The van der Waals surface area contributed by atoms with Gasteiger partial charge < -0.3 is 4.74 Å². The van der Waals surface area contributed by atoms with Gasteiger partial charge in [-0.3, -0.25) is 4.68 Å². The Morgan fingerprint density at radius 1 is 1.35 bits per heavy atom. The summed E-state index contributed by atoms with van der Waals surface area (Å²) in [5.74, 6) is -0.245. The van der Waals surface area contributed by atoms with E-state index in [-0.39, 0.29) is 18.2 Å². The second kappa shape index (κ2) is 5.70. The largest absolute Gasteiger partial charge is 0.487 e. The molecular formula is C12H11ClF3N3O. The van der Waals surface area contributed by atoms with Crippen molar-refractivity contribution in [3.63, 3.8) is 0 Å². The number of aryl methyl sites for hydroxylation is 1. The number of nitrogens with zero attached hydrogens (tertiary/aromatic N) is 3. The second-order valence-corrected chi connectivity index (χ2v) is 4.40. The van der Waals surface area contributed by atoms with Crippen molar-refractivity contribution >= 4 is 11.6 Å². The predicted octanol–water partition coefficient (Wildman–Crippen LogP) is 3.15. The van der Waals surface area contributed by atoms with E-state index in [2.05, 4.69) is 10.3 Å². The summed E-state index contributed by atoms with van der Waals surface area (Å²) in [5.41, 5.74) is -0.0209. The van der Waals surface area contributed by atoms with E-state index >= 15 is 0 Å². The molecule has 0 saturated heterocycles. The van der Waals surface area contributed by atoms with E-state index in [0.717, 1.165) is 6.07 Å². The van der Waals surface area contributed by atoms with E-state index in [1.807, 2.05) is 0 Å². The average molecular weight is 306 g/mol. The average Bonchev–Trinajstić information content (AvgIpc) is 2.81. The molecular weight excluding hydrogens is 295 g/mol. The third-order valence-corrected chi connectivity index (χ3v) is 2.84. The van der Waals surface area contributed by atoms with Crippen LogP contribution in [0.3, 0.4) is 0 Å². The molecule has 1 aromatic carbocycles. The predicted molar refractivity (Wildman–Crippen MR) is 66.3 cm³/mol. The number of halogens is 4. The van der Waals surface area contributed by atoms with Crippen molar-refractivity contribution in [2.24, 2.45) is 7.05 Å². The summed E-state index contributed by atoms with van der Waals surface area (Å²) in [4.78, 5) is 0. The molecule has 0 unspecified atom stereocenters. The third-order valence-electron chi connectivity index (χ3n) is 2.53. The first kappa shape index (κ1) is 14.6. The number of rotatable bonds is 4. The van der Waals surface area contributed by atoms with Gasteiger partial charge in [0.15, 0.2) is 0 Å². The second-order valence-electron chi connectivity index (χ2n) is 4.13. The zero-order valence-electron chi connectivity index (χ0n) is 10.5. The van der Waals surface area contributed by atoms with Gasteiger partial charge in [0.1, 0.15) is 18.1 Å². The first-order valence-electron chi connectivity index (χ1n) is 5.64. The Balaban J connectivity index is 2.22. The van der Waals surface area contributed by atoms with Crippen LogP contribution < -0.4 is 4.74 Å². The maximum atomic E-state index is 12.9. The number of hydrogen-bond acceptors (Lipinski definition) is 3. The summed E-state index contributed by atoms with van der Waals surface area (Å²) >= 11 is 5.55. The monoisotopic (exact) mass is 305 g/mol. The quantitative estimate of drug-likeness (QED) is 0.815. The van der Waals surface area contributed by atoms with Gasteiger partial charge in [0.2, 0.25) is 0 Å². The summed E-state index contributed by atoms with van der Waals surface area (Å²) in [5, 5.41) is 7.42. The molecule has 2 aromatic rings. The van der Waals surface area contributed by atoms with Crippen molar-refractivity contribution in [2.45, 2.75) is 18.7 Å². The third kappa shape index (κ3) is 3.41. The lowest BCUT2D eigenvalue weighted by atomic mass is 10.1. The standard InChI is InChI=1S/C12H11ClF3N3O/c1-19-6-9(17-18-19)7-20-11-3-2-8(5-13)4-10(11)12(14,15)16/h2-4,6H,5,7H2,1H3. The minimum absolute atomic E-state index is 0.00746. The van der Waals surface area contributed by atoms with Crippen molar-refractivity contribution in [3.8, 4) is 5.75 Å². The van der Waals surface area contributed by atoms with E-state index in [1.165, 1.54) is 16.8 Å². The van der Waals surface area contributed by atoms with E-state index in [4.69, 9.17) is 16.3 Å². The van der Waals surface area contributed by atoms with Gasteiger partial charge in [-0.25, -0.2) is 0 Å². The normalized spacial score (nSPS) is 11.7. The highest BCUT2D eigenvalue weighted by Crippen LogP contribution is 2.37. The fourth-order valence-corrected chi connectivity index (χ4v) is 1.79. The first-order chi connectivity index (χ1) is 9.40. The Labute approximate surface area is 118 Å². The van der Waals surface area contributed by atoms with E-state index < -0.39 is 11.7 Å². The summed E-state index contributed by atoms with van der Waals surface area (Å²) < 4.78 is 45.4. The highest BCUT2D eigenvalue weighted by molar-refractivity contribution is 6.17. The van der Waals surface area contributed by atoms with Gasteiger partial charge in [-0.15, -0.1) is 16.7 Å². The van der Waals surface area contributed by atoms with Crippen LogP contribution in [0, 0.1) is 0 Å². The fourth-order valence-electron chi connectivity index (χ4n) is 1.62. The summed E-state index contributed by atoms with van der Waals surface area (Å²) in [6.07, 6.45) is -2.93. The number of alkyl halides is 4. The molecule has 0 radical (unpaired) electrons. The number of benzene rings is 1. The van der Waals surface area contributed by atoms with Gasteiger partial charge in [-0.2, -0.15) is 13.2 Å². The summed E-state index contributed by atoms with van der Waals surface area (Å²) in [7, 11) is 1.66. The molecule has 2 rings (SSSR count). The highest BCUT2D eigenvalue weighted by Gasteiger charge is 2.34. The zero-order chi connectivity index (χ0) is 14.8. The Morgan fingerprint density at radius 3 is 2.65 bits per heavy atom. The van der Waals surface area contributed by atoms with Crippen molar-refractivity contribution in [2.75, 3.05) is 0 Å².